The molecule has 0 saturated heterocycles. The van der Waals surface area contributed by atoms with Crippen LogP contribution >= 0.6 is 0 Å². The number of carbonyl (C=O) groups excluding carboxylic acids is 1. The molecule has 2 aliphatic carbocycles. The minimum atomic E-state index is -0.439. The van der Waals surface area contributed by atoms with Crippen molar-refractivity contribution in [2.24, 2.45) is 31.8 Å². The summed E-state index contributed by atoms with van der Waals surface area (Å²) in [6.45, 7) is 2.07. The molecule has 138 valence electrons. The Kier molecular flexibility index (Phi) is 3.97. The summed E-state index contributed by atoms with van der Waals surface area (Å²) < 4.78 is 2.35. The number of hydrogen-bond donors (Lipinski definition) is 1. The molecule has 2 aromatic rings. The molecule has 2 aliphatic rings. The minimum Gasteiger partial charge on any atom is -0.349 e. The summed E-state index contributed by atoms with van der Waals surface area (Å²) in [4.78, 5) is 41.2. The SMILES string of the molecule is C[C@@H](NC(=O)c1cnc2c(c1)c(=O)n(C)c(=O)n2C)[C@@H]1C[C@H]2CC[C@H]1C2. The van der Waals surface area contributed by atoms with Crippen molar-refractivity contribution in [1.82, 2.24) is 19.4 Å². The second kappa shape index (κ2) is 6.07. The first-order valence-corrected chi connectivity index (χ1v) is 9.23. The Hall–Kier alpha value is -2.44. The third-order valence-corrected chi connectivity index (χ3v) is 6.35. The quantitative estimate of drug-likeness (QED) is 0.895. The lowest BCUT2D eigenvalue weighted by atomic mass is 9.84. The summed E-state index contributed by atoms with van der Waals surface area (Å²) in [6.07, 6.45) is 6.54. The van der Waals surface area contributed by atoms with E-state index in [1.165, 1.54) is 49.6 Å². The van der Waals surface area contributed by atoms with Crippen LogP contribution in [0, 0.1) is 17.8 Å². The maximum Gasteiger partial charge on any atom is 0.332 e. The van der Waals surface area contributed by atoms with Gasteiger partial charge in [0.2, 0.25) is 0 Å². The number of carbonyl (C=O) groups is 1. The van der Waals surface area contributed by atoms with Gasteiger partial charge < -0.3 is 5.32 Å². The van der Waals surface area contributed by atoms with Crippen molar-refractivity contribution in [1.29, 1.82) is 0 Å². The highest BCUT2D eigenvalue weighted by atomic mass is 16.2. The Balaban J connectivity index is 1.61. The van der Waals surface area contributed by atoms with Gasteiger partial charge in [0.05, 0.1) is 10.9 Å². The molecular formula is C19H24N4O3. The van der Waals surface area contributed by atoms with Crippen LogP contribution in [0.5, 0.6) is 0 Å². The molecule has 2 bridgehead atoms. The van der Waals surface area contributed by atoms with Crippen LogP contribution in [0.15, 0.2) is 21.9 Å². The molecule has 4 atom stereocenters. The van der Waals surface area contributed by atoms with Crippen molar-refractivity contribution in [3.63, 3.8) is 0 Å². The van der Waals surface area contributed by atoms with Gasteiger partial charge in [0, 0.05) is 26.3 Å². The lowest BCUT2D eigenvalue weighted by molar-refractivity contribution is 0.0915. The fourth-order valence-electron chi connectivity index (χ4n) is 4.89. The average Bonchev–Trinajstić information content (AvgIpc) is 3.27. The van der Waals surface area contributed by atoms with E-state index < -0.39 is 11.2 Å². The van der Waals surface area contributed by atoms with Crippen molar-refractivity contribution < 1.29 is 4.79 Å². The zero-order chi connectivity index (χ0) is 18.6. The Morgan fingerprint density at radius 3 is 2.65 bits per heavy atom. The number of amides is 1. The van der Waals surface area contributed by atoms with Gasteiger partial charge in [-0.15, -0.1) is 0 Å². The maximum atomic E-state index is 12.7. The molecule has 4 rings (SSSR count). The van der Waals surface area contributed by atoms with Gasteiger partial charge in [-0.1, -0.05) is 6.42 Å². The normalized spacial score (nSPS) is 25.6. The summed E-state index contributed by atoms with van der Waals surface area (Å²) in [7, 11) is 2.99. The van der Waals surface area contributed by atoms with Gasteiger partial charge in [-0.3, -0.25) is 18.7 Å². The predicted octanol–water partition coefficient (Wildman–Crippen LogP) is 1.19. The third kappa shape index (κ3) is 2.57. The van der Waals surface area contributed by atoms with Gasteiger partial charge in [-0.2, -0.15) is 0 Å². The molecule has 2 aromatic heterocycles. The molecule has 1 N–H and O–H groups in total. The molecular weight excluding hydrogens is 332 g/mol. The Morgan fingerprint density at radius 1 is 1.23 bits per heavy atom. The molecule has 7 heteroatoms. The molecule has 0 radical (unpaired) electrons. The lowest BCUT2D eigenvalue weighted by Crippen LogP contribution is -2.40. The molecule has 7 nitrogen and oxygen atoms in total. The Morgan fingerprint density at radius 2 is 2.00 bits per heavy atom. The van der Waals surface area contributed by atoms with Crippen LogP contribution in [0.2, 0.25) is 0 Å². The summed E-state index contributed by atoms with van der Waals surface area (Å²) in [6, 6.07) is 1.64. The van der Waals surface area contributed by atoms with Gasteiger partial charge >= 0.3 is 5.69 Å². The van der Waals surface area contributed by atoms with Crippen molar-refractivity contribution in [3.05, 3.63) is 38.7 Å². The molecule has 0 aromatic carbocycles. The highest BCUT2D eigenvalue weighted by Crippen LogP contribution is 2.49. The first-order valence-electron chi connectivity index (χ1n) is 9.23. The molecule has 0 aliphatic heterocycles. The molecule has 0 unspecified atom stereocenters. The Bertz CT molecular complexity index is 1010. The summed E-state index contributed by atoms with van der Waals surface area (Å²) in [5.41, 5.74) is -0.234. The first kappa shape index (κ1) is 17.0. The second-order valence-electron chi connectivity index (χ2n) is 7.90. The number of nitrogens with zero attached hydrogens (tertiary/aromatic N) is 3. The van der Waals surface area contributed by atoms with E-state index >= 15 is 0 Å². The van der Waals surface area contributed by atoms with Crippen molar-refractivity contribution in [2.75, 3.05) is 0 Å². The minimum absolute atomic E-state index is 0.108. The van der Waals surface area contributed by atoms with E-state index in [2.05, 4.69) is 17.2 Å². The average molecular weight is 356 g/mol. The Labute approximate surface area is 151 Å². The van der Waals surface area contributed by atoms with E-state index in [1.54, 1.807) is 7.05 Å². The van der Waals surface area contributed by atoms with Gasteiger partial charge in [-0.05, 0) is 50.0 Å². The molecule has 0 spiro atoms. The van der Waals surface area contributed by atoms with Crippen LogP contribution < -0.4 is 16.6 Å². The third-order valence-electron chi connectivity index (χ3n) is 6.35. The number of nitrogens with one attached hydrogen (secondary N) is 1. The monoisotopic (exact) mass is 356 g/mol. The van der Waals surface area contributed by atoms with Gasteiger partial charge in [0.15, 0.2) is 0 Å². The van der Waals surface area contributed by atoms with Crippen LogP contribution in [0.25, 0.3) is 11.0 Å². The number of hydrogen-bond acceptors (Lipinski definition) is 4. The number of aromatic nitrogens is 3. The molecule has 1 amide bonds. The van der Waals surface area contributed by atoms with E-state index in [0.717, 1.165) is 16.4 Å². The van der Waals surface area contributed by atoms with E-state index in [1.807, 2.05) is 0 Å². The van der Waals surface area contributed by atoms with E-state index in [-0.39, 0.29) is 23.0 Å². The fourth-order valence-corrected chi connectivity index (χ4v) is 4.89. The largest absolute Gasteiger partial charge is 0.349 e. The standard InChI is InChI=1S/C19H24N4O3/c1-10(14-7-11-4-5-12(14)6-11)21-17(24)13-8-15-16(20-9-13)22(2)19(26)23(3)18(15)25/h8-12,14H,4-7H2,1-3H3,(H,21,24)/t10-,11+,12+,14+/m1/s1. The molecule has 26 heavy (non-hydrogen) atoms. The number of aryl methyl sites for hydroxylation is 1. The molecule has 2 fully saturated rings. The van der Waals surface area contributed by atoms with Gasteiger partial charge in [-0.25, -0.2) is 9.78 Å². The highest BCUT2D eigenvalue weighted by molar-refractivity contribution is 5.96. The predicted molar refractivity (Wildman–Crippen MR) is 98.1 cm³/mol. The van der Waals surface area contributed by atoms with Crippen LogP contribution in [0.4, 0.5) is 0 Å². The van der Waals surface area contributed by atoms with Crippen LogP contribution in [0.1, 0.15) is 43.0 Å². The van der Waals surface area contributed by atoms with Gasteiger partial charge in [0.25, 0.3) is 11.5 Å². The number of rotatable bonds is 3. The summed E-state index contributed by atoms with van der Waals surface area (Å²) in [5, 5.41) is 3.36. The van der Waals surface area contributed by atoms with Crippen LogP contribution in [-0.4, -0.2) is 26.1 Å². The van der Waals surface area contributed by atoms with Gasteiger partial charge in [0.1, 0.15) is 5.65 Å². The highest BCUT2D eigenvalue weighted by Gasteiger charge is 2.42. The smallest absolute Gasteiger partial charge is 0.332 e. The zero-order valence-corrected chi connectivity index (χ0v) is 15.4. The maximum absolute atomic E-state index is 12.7. The molecule has 2 saturated carbocycles. The van der Waals surface area contributed by atoms with Crippen LogP contribution in [0.3, 0.4) is 0 Å². The van der Waals surface area contributed by atoms with E-state index in [0.29, 0.717) is 11.5 Å². The lowest BCUT2D eigenvalue weighted by Gasteiger charge is -2.28. The second-order valence-corrected chi connectivity index (χ2v) is 7.90. The van der Waals surface area contributed by atoms with E-state index in [9.17, 15) is 14.4 Å². The first-order chi connectivity index (χ1) is 12.4. The zero-order valence-electron chi connectivity index (χ0n) is 15.4. The number of pyridine rings is 1. The summed E-state index contributed by atoms with van der Waals surface area (Å²) >= 11 is 0. The molecule has 2 heterocycles. The van der Waals surface area contributed by atoms with Crippen molar-refractivity contribution in [2.45, 2.75) is 38.6 Å². The van der Waals surface area contributed by atoms with Crippen molar-refractivity contribution >= 4 is 16.9 Å². The topological polar surface area (TPSA) is 86.0 Å². The van der Waals surface area contributed by atoms with E-state index in [4.69, 9.17) is 0 Å². The summed E-state index contributed by atoms with van der Waals surface area (Å²) in [5.74, 6) is 1.88. The van der Waals surface area contributed by atoms with Crippen molar-refractivity contribution in [3.8, 4) is 0 Å². The number of fused-ring (bicyclic) bond motifs is 3. The van der Waals surface area contributed by atoms with Crippen LogP contribution in [-0.2, 0) is 14.1 Å². The fraction of sp³-hybridized carbons (Fsp3) is 0.579.